The molecule has 10 nitrogen and oxygen atoms in total. The molecule has 4 rings (SSSR count). The third-order valence-electron chi connectivity index (χ3n) is 4.59. The normalized spacial score (nSPS) is 13.7. The predicted octanol–water partition coefficient (Wildman–Crippen LogP) is 4.39. The molecule has 1 aliphatic rings. The molecule has 0 aliphatic carbocycles. The molecule has 1 N–H and O–H groups in total. The molecule has 0 unspecified atom stereocenters. The van der Waals surface area contributed by atoms with E-state index >= 15 is 0 Å². The van der Waals surface area contributed by atoms with Gasteiger partial charge in [-0.25, -0.2) is 9.79 Å². The minimum absolute atomic E-state index is 0.221. The number of aromatic nitrogens is 2. The van der Waals surface area contributed by atoms with E-state index in [2.05, 4.69) is 15.1 Å². The lowest BCUT2D eigenvalue weighted by atomic mass is 10.1. The molecule has 33 heavy (non-hydrogen) atoms. The first-order valence-electron chi connectivity index (χ1n) is 9.82. The van der Waals surface area contributed by atoms with Gasteiger partial charge in [0.25, 0.3) is 0 Å². The van der Waals surface area contributed by atoms with Crippen LogP contribution in [0.5, 0.6) is 17.2 Å². The molecule has 11 heteroatoms. The van der Waals surface area contributed by atoms with Gasteiger partial charge in [0.05, 0.1) is 12.8 Å². The lowest BCUT2D eigenvalue weighted by Crippen LogP contribution is -2.18. The third kappa shape index (κ3) is 4.98. The Morgan fingerprint density at radius 1 is 1.18 bits per heavy atom. The molecule has 0 saturated carbocycles. The molecule has 0 spiro atoms. The van der Waals surface area contributed by atoms with Crippen LogP contribution < -0.4 is 14.2 Å². The van der Waals surface area contributed by atoms with Crippen molar-refractivity contribution < 1.29 is 28.6 Å². The number of aryl methyl sites for hydroxylation is 1. The van der Waals surface area contributed by atoms with Gasteiger partial charge in [-0.05, 0) is 42.7 Å². The van der Waals surface area contributed by atoms with Gasteiger partial charge in [0.2, 0.25) is 17.5 Å². The molecular formula is C22H20N4O6S. The summed E-state index contributed by atoms with van der Waals surface area (Å²) in [6, 6.07) is 10.6. The number of carboxylic acid groups (broad SMARTS) is 1. The molecule has 1 amide bonds. The molecule has 1 aromatic heterocycles. The molecule has 0 radical (unpaired) electrons. The van der Waals surface area contributed by atoms with Gasteiger partial charge < -0.3 is 23.8 Å². The van der Waals surface area contributed by atoms with Crippen molar-refractivity contribution in [2.24, 2.45) is 9.98 Å². The summed E-state index contributed by atoms with van der Waals surface area (Å²) in [7, 11) is 1.52. The van der Waals surface area contributed by atoms with Crippen LogP contribution in [0.2, 0.25) is 0 Å². The molecule has 0 bridgehead atoms. The molecule has 0 fully saturated rings. The zero-order valence-corrected chi connectivity index (χ0v) is 18.9. The summed E-state index contributed by atoms with van der Waals surface area (Å²) >= 11 is 1.17. The van der Waals surface area contributed by atoms with Crippen molar-refractivity contribution in [1.82, 2.24) is 10.1 Å². The minimum atomic E-state index is -1.32. The summed E-state index contributed by atoms with van der Waals surface area (Å²) in [5.74, 6) is 2.37. The standard InChI is InChI=1S/C22H20N4O6S/c1-12-23-20(26-32-12)13-4-6-15(7-5-13)24-18(21(33-3)25-22(27)28)14-10-16(29-2)19-17(11-14)30-8-9-31-19/h4-7,10-11H,8-9H2,1-3H3,(H,27,28). The van der Waals surface area contributed by atoms with E-state index in [4.69, 9.17) is 23.7 Å². The fraction of sp³-hybridized carbons (Fsp3) is 0.227. The van der Waals surface area contributed by atoms with Crippen molar-refractivity contribution in [3.63, 3.8) is 0 Å². The zero-order chi connectivity index (χ0) is 23.4. The Morgan fingerprint density at radius 3 is 2.58 bits per heavy atom. The SMILES string of the molecule is COc1cc(C(=Nc2ccc(-c3noc(C)n3)cc2)C(=NC(=O)O)SC)cc2c1OCCO2. The van der Waals surface area contributed by atoms with Crippen LogP contribution in [0.4, 0.5) is 10.5 Å². The van der Waals surface area contributed by atoms with Crippen molar-refractivity contribution in [2.45, 2.75) is 6.92 Å². The average molecular weight is 468 g/mol. The smallest absolute Gasteiger partial charge is 0.432 e. The van der Waals surface area contributed by atoms with Crippen LogP contribution in [-0.2, 0) is 0 Å². The molecule has 3 aromatic rings. The lowest BCUT2D eigenvalue weighted by molar-refractivity contribution is 0.165. The maximum Gasteiger partial charge on any atom is 0.432 e. The van der Waals surface area contributed by atoms with Crippen molar-refractivity contribution >= 4 is 34.3 Å². The van der Waals surface area contributed by atoms with Crippen LogP contribution in [0.25, 0.3) is 11.4 Å². The second kappa shape index (κ2) is 9.74. The number of nitrogens with zero attached hydrogens (tertiary/aromatic N) is 4. The van der Waals surface area contributed by atoms with E-state index in [1.54, 1.807) is 49.6 Å². The van der Waals surface area contributed by atoms with Gasteiger partial charge in [-0.3, -0.25) is 0 Å². The number of aliphatic imine (C=N–C) groups is 2. The topological polar surface area (TPSA) is 129 Å². The first kappa shape index (κ1) is 22.3. The zero-order valence-electron chi connectivity index (χ0n) is 18.1. The highest BCUT2D eigenvalue weighted by molar-refractivity contribution is 8.15. The largest absolute Gasteiger partial charge is 0.493 e. The van der Waals surface area contributed by atoms with E-state index in [0.29, 0.717) is 59.1 Å². The average Bonchev–Trinajstić information content (AvgIpc) is 3.27. The summed E-state index contributed by atoms with van der Waals surface area (Å²) in [6.07, 6.45) is 0.410. The van der Waals surface area contributed by atoms with E-state index in [1.807, 2.05) is 0 Å². The maximum absolute atomic E-state index is 11.4. The fourth-order valence-electron chi connectivity index (χ4n) is 3.16. The van der Waals surface area contributed by atoms with Crippen molar-refractivity contribution in [2.75, 3.05) is 26.6 Å². The van der Waals surface area contributed by atoms with Crippen LogP contribution in [-0.4, -0.2) is 58.7 Å². The van der Waals surface area contributed by atoms with Gasteiger partial charge in [0, 0.05) is 18.1 Å². The molecule has 170 valence electrons. The van der Waals surface area contributed by atoms with E-state index < -0.39 is 6.09 Å². The quantitative estimate of drug-likeness (QED) is 0.428. The molecule has 0 atom stereocenters. The van der Waals surface area contributed by atoms with E-state index in [-0.39, 0.29) is 5.04 Å². The summed E-state index contributed by atoms with van der Waals surface area (Å²) in [4.78, 5) is 24.0. The van der Waals surface area contributed by atoms with Gasteiger partial charge >= 0.3 is 6.09 Å². The monoisotopic (exact) mass is 468 g/mol. The molecule has 1 aliphatic heterocycles. The Kier molecular flexibility index (Phi) is 6.59. The number of rotatable bonds is 5. The third-order valence-corrected chi connectivity index (χ3v) is 5.26. The van der Waals surface area contributed by atoms with Crippen molar-refractivity contribution in [3.05, 3.63) is 47.9 Å². The summed E-state index contributed by atoms with van der Waals surface area (Å²) in [5.41, 5.74) is 2.26. The number of hydrogen-bond acceptors (Lipinski definition) is 9. The number of ether oxygens (including phenoxy) is 3. The second-order valence-electron chi connectivity index (χ2n) is 6.75. The fourth-order valence-corrected chi connectivity index (χ4v) is 3.68. The minimum Gasteiger partial charge on any atom is -0.493 e. The summed E-state index contributed by atoms with van der Waals surface area (Å²) < 4.78 is 21.9. The number of carbonyl (C=O) groups is 1. The van der Waals surface area contributed by atoms with E-state index in [9.17, 15) is 9.90 Å². The van der Waals surface area contributed by atoms with Gasteiger partial charge in [0.15, 0.2) is 11.5 Å². The van der Waals surface area contributed by atoms with Crippen LogP contribution in [0, 0.1) is 6.92 Å². The van der Waals surface area contributed by atoms with Crippen LogP contribution in [0.15, 0.2) is 50.9 Å². The Morgan fingerprint density at radius 2 is 1.94 bits per heavy atom. The van der Waals surface area contributed by atoms with Gasteiger partial charge in [-0.2, -0.15) is 9.98 Å². The van der Waals surface area contributed by atoms with E-state index in [0.717, 1.165) is 5.56 Å². The molecule has 2 aromatic carbocycles. The number of hydrogen-bond donors (Lipinski definition) is 1. The highest BCUT2D eigenvalue weighted by Crippen LogP contribution is 2.41. The Hall–Kier alpha value is -3.86. The van der Waals surface area contributed by atoms with Gasteiger partial charge in [0.1, 0.15) is 24.0 Å². The Bertz CT molecular complexity index is 1220. The van der Waals surface area contributed by atoms with Crippen LogP contribution in [0.3, 0.4) is 0 Å². The first-order valence-corrected chi connectivity index (χ1v) is 11.0. The predicted molar refractivity (Wildman–Crippen MR) is 124 cm³/mol. The summed E-state index contributed by atoms with van der Waals surface area (Å²) in [6.45, 7) is 2.52. The highest BCUT2D eigenvalue weighted by Gasteiger charge is 2.22. The van der Waals surface area contributed by atoms with E-state index in [1.165, 1.54) is 18.9 Å². The number of thioether (sulfide) groups is 1. The van der Waals surface area contributed by atoms with Crippen molar-refractivity contribution in [3.8, 4) is 28.6 Å². The molecule has 2 heterocycles. The molecular weight excluding hydrogens is 448 g/mol. The van der Waals surface area contributed by atoms with Gasteiger partial charge in [-0.1, -0.05) is 5.16 Å². The second-order valence-corrected chi connectivity index (χ2v) is 7.55. The van der Waals surface area contributed by atoms with Crippen LogP contribution in [0.1, 0.15) is 11.5 Å². The number of amides is 1. The van der Waals surface area contributed by atoms with Crippen molar-refractivity contribution in [1.29, 1.82) is 0 Å². The first-order chi connectivity index (χ1) is 16.0. The number of benzene rings is 2. The maximum atomic E-state index is 11.4. The summed E-state index contributed by atoms with van der Waals surface area (Å²) in [5, 5.41) is 13.4. The number of methoxy groups -OCH3 is 1. The van der Waals surface area contributed by atoms with Crippen LogP contribution >= 0.6 is 11.8 Å². The molecule has 0 saturated heterocycles. The highest BCUT2D eigenvalue weighted by atomic mass is 32.2. The van der Waals surface area contributed by atoms with Gasteiger partial charge in [-0.15, -0.1) is 11.8 Å². The Labute approximate surface area is 193 Å². The number of fused-ring (bicyclic) bond motifs is 1. The Balaban J connectivity index is 1.81. The lowest BCUT2D eigenvalue weighted by Gasteiger charge is -2.22.